The van der Waals surface area contributed by atoms with Crippen molar-refractivity contribution in [1.29, 1.82) is 0 Å². The topological polar surface area (TPSA) is 46.1 Å². The molecule has 2 aromatic rings. The van der Waals surface area contributed by atoms with Crippen LogP contribution >= 0.6 is 0 Å². The summed E-state index contributed by atoms with van der Waals surface area (Å²) in [6, 6.07) is 10.2. The van der Waals surface area contributed by atoms with Gasteiger partial charge in [0, 0.05) is 30.9 Å². The van der Waals surface area contributed by atoms with Gasteiger partial charge in [0.25, 0.3) is 0 Å². The molecule has 1 aromatic heterocycles. The Morgan fingerprint density at radius 3 is 2.62 bits per heavy atom. The Balaban J connectivity index is 1.77. The molecule has 1 fully saturated rings. The lowest BCUT2D eigenvalue weighted by Crippen LogP contribution is -2.47. The third-order valence-electron chi connectivity index (χ3n) is 5.04. The standard InChI is InChI=1S/C20H25N3O/c1-15-6-8-17(9-7-15)20(2,3)19(24)23-12-4-5-16(13-23)18-10-11-21-14-22-18/h6-11,14,16H,4-5,12-13H2,1-3H3. The summed E-state index contributed by atoms with van der Waals surface area (Å²) in [5, 5.41) is 0. The Labute approximate surface area is 143 Å². The molecule has 0 saturated carbocycles. The van der Waals surface area contributed by atoms with Gasteiger partial charge in [0.05, 0.1) is 5.41 Å². The van der Waals surface area contributed by atoms with Gasteiger partial charge in [0.2, 0.25) is 5.91 Å². The molecule has 4 nitrogen and oxygen atoms in total. The Morgan fingerprint density at radius 1 is 1.21 bits per heavy atom. The normalized spacial score (nSPS) is 18.5. The zero-order valence-electron chi connectivity index (χ0n) is 14.7. The van der Waals surface area contributed by atoms with Crippen LogP contribution in [-0.4, -0.2) is 33.9 Å². The summed E-state index contributed by atoms with van der Waals surface area (Å²) in [6.07, 6.45) is 5.46. The Kier molecular flexibility index (Phi) is 4.65. The number of nitrogens with zero attached hydrogens (tertiary/aromatic N) is 3. The van der Waals surface area contributed by atoms with E-state index < -0.39 is 5.41 Å². The Bertz CT molecular complexity index is 695. The second-order valence-electron chi connectivity index (χ2n) is 7.22. The number of benzene rings is 1. The first-order valence-electron chi connectivity index (χ1n) is 8.61. The molecule has 24 heavy (non-hydrogen) atoms. The fourth-order valence-corrected chi connectivity index (χ4v) is 3.43. The predicted octanol–water partition coefficient (Wildman–Crippen LogP) is 3.47. The van der Waals surface area contributed by atoms with Crippen molar-refractivity contribution in [3.8, 4) is 0 Å². The number of amides is 1. The maximum absolute atomic E-state index is 13.2. The summed E-state index contributed by atoms with van der Waals surface area (Å²) in [7, 11) is 0. The molecule has 1 saturated heterocycles. The number of carbonyl (C=O) groups is 1. The van der Waals surface area contributed by atoms with E-state index in [0.29, 0.717) is 5.92 Å². The van der Waals surface area contributed by atoms with E-state index >= 15 is 0 Å². The first kappa shape index (κ1) is 16.6. The largest absolute Gasteiger partial charge is 0.341 e. The average Bonchev–Trinajstić information content (AvgIpc) is 2.62. The van der Waals surface area contributed by atoms with E-state index in [1.165, 1.54) is 5.56 Å². The average molecular weight is 323 g/mol. The number of rotatable bonds is 3. The number of aromatic nitrogens is 2. The molecule has 0 aliphatic carbocycles. The highest BCUT2D eigenvalue weighted by Crippen LogP contribution is 2.31. The minimum absolute atomic E-state index is 0.199. The Hall–Kier alpha value is -2.23. The summed E-state index contributed by atoms with van der Waals surface area (Å²) >= 11 is 0. The maximum Gasteiger partial charge on any atom is 0.232 e. The monoisotopic (exact) mass is 323 g/mol. The molecule has 126 valence electrons. The third-order valence-corrected chi connectivity index (χ3v) is 5.04. The van der Waals surface area contributed by atoms with E-state index in [1.807, 2.05) is 24.8 Å². The van der Waals surface area contributed by atoms with Crippen LogP contribution in [0.25, 0.3) is 0 Å². The van der Waals surface area contributed by atoms with E-state index in [2.05, 4.69) is 41.2 Å². The molecule has 0 bridgehead atoms. The van der Waals surface area contributed by atoms with Crippen molar-refractivity contribution in [2.75, 3.05) is 13.1 Å². The van der Waals surface area contributed by atoms with Crippen molar-refractivity contribution in [3.05, 3.63) is 59.7 Å². The van der Waals surface area contributed by atoms with Gasteiger partial charge in [-0.2, -0.15) is 0 Å². The van der Waals surface area contributed by atoms with Gasteiger partial charge < -0.3 is 4.90 Å². The van der Waals surface area contributed by atoms with Crippen LogP contribution in [0.1, 0.15) is 49.4 Å². The lowest BCUT2D eigenvalue weighted by atomic mass is 9.81. The third kappa shape index (κ3) is 3.32. The van der Waals surface area contributed by atoms with Gasteiger partial charge in [0.1, 0.15) is 6.33 Å². The van der Waals surface area contributed by atoms with Crippen LogP contribution in [0.4, 0.5) is 0 Å². The lowest BCUT2D eigenvalue weighted by Gasteiger charge is -2.37. The lowest BCUT2D eigenvalue weighted by molar-refractivity contribution is -0.137. The number of piperidine rings is 1. The SMILES string of the molecule is Cc1ccc(C(C)(C)C(=O)N2CCCC(c3ccncn3)C2)cc1. The van der Waals surface area contributed by atoms with Crippen LogP contribution in [-0.2, 0) is 10.2 Å². The van der Waals surface area contributed by atoms with Gasteiger partial charge in [-0.3, -0.25) is 4.79 Å². The van der Waals surface area contributed by atoms with Gasteiger partial charge in [0.15, 0.2) is 0 Å². The fraction of sp³-hybridized carbons (Fsp3) is 0.450. The predicted molar refractivity (Wildman–Crippen MR) is 94.8 cm³/mol. The number of hydrogen-bond acceptors (Lipinski definition) is 3. The summed E-state index contributed by atoms with van der Waals surface area (Å²) in [4.78, 5) is 23.6. The number of hydrogen-bond donors (Lipinski definition) is 0. The molecule has 1 aliphatic heterocycles. The molecule has 3 rings (SSSR count). The van der Waals surface area contributed by atoms with Crippen LogP contribution in [0.15, 0.2) is 42.9 Å². The quantitative estimate of drug-likeness (QED) is 0.869. The highest BCUT2D eigenvalue weighted by molar-refractivity contribution is 5.87. The van der Waals surface area contributed by atoms with E-state index in [9.17, 15) is 4.79 Å². The summed E-state index contributed by atoms with van der Waals surface area (Å²) < 4.78 is 0. The van der Waals surface area contributed by atoms with Crippen molar-refractivity contribution < 1.29 is 4.79 Å². The van der Waals surface area contributed by atoms with Gasteiger partial charge in [-0.25, -0.2) is 9.97 Å². The van der Waals surface area contributed by atoms with Crippen molar-refractivity contribution in [2.45, 2.75) is 44.9 Å². The molecule has 1 aliphatic rings. The van der Waals surface area contributed by atoms with Gasteiger partial charge >= 0.3 is 0 Å². The Morgan fingerprint density at radius 2 is 1.96 bits per heavy atom. The molecular formula is C20H25N3O. The van der Waals surface area contributed by atoms with Crippen LogP contribution < -0.4 is 0 Å². The van der Waals surface area contributed by atoms with Gasteiger partial charge in [-0.1, -0.05) is 29.8 Å². The highest BCUT2D eigenvalue weighted by atomic mass is 16.2. The minimum Gasteiger partial charge on any atom is -0.341 e. The summed E-state index contributed by atoms with van der Waals surface area (Å²) in [5.74, 6) is 0.504. The molecule has 1 unspecified atom stereocenters. The van der Waals surface area contributed by atoms with E-state index in [-0.39, 0.29) is 5.91 Å². The highest BCUT2D eigenvalue weighted by Gasteiger charge is 2.36. The smallest absolute Gasteiger partial charge is 0.232 e. The van der Waals surface area contributed by atoms with Crippen molar-refractivity contribution >= 4 is 5.91 Å². The van der Waals surface area contributed by atoms with Crippen molar-refractivity contribution in [1.82, 2.24) is 14.9 Å². The fourth-order valence-electron chi connectivity index (χ4n) is 3.43. The van der Waals surface area contributed by atoms with Crippen LogP contribution in [0.5, 0.6) is 0 Å². The zero-order valence-corrected chi connectivity index (χ0v) is 14.7. The summed E-state index contributed by atoms with van der Waals surface area (Å²) in [5.41, 5.74) is 2.81. The molecular weight excluding hydrogens is 298 g/mol. The first-order chi connectivity index (χ1) is 11.5. The molecule has 1 atom stereocenters. The molecule has 0 radical (unpaired) electrons. The van der Waals surface area contributed by atoms with Gasteiger partial charge in [-0.05, 0) is 45.2 Å². The summed E-state index contributed by atoms with van der Waals surface area (Å²) in [6.45, 7) is 7.68. The van der Waals surface area contributed by atoms with E-state index in [4.69, 9.17) is 0 Å². The first-order valence-corrected chi connectivity index (χ1v) is 8.61. The zero-order chi connectivity index (χ0) is 17.2. The van der Waals surface area contributed by atoms with Crippen LogP contribution in [0.3, 0.4) is 0 Å². The number of carbonyl (C=O) groups excluding carboxylic acids is 1. The number of aryl methyl sites for hydroxylation is 1. The molecule has 4 heteroatoms. The second kappa shape index (κ2) is 6.71. The molecule has 2 heterocycles. The molecule has 1 amide bonds. The van der Waals surface area contributed by atoms with Gasteiger partial charge in [-0.15, -0.1) is 0 Å². The second-order valence-corrected chi connectivity index (χ2v) is 7.22. The van der Waals surface area contributed by atoms with E-state index in [1.54, 1.807) is 12.5 Å². The van der Waals surface area contributed by atoms with Crippen molar-refractivity contribution in [2.24, 2.45) is 0 Å². The molecule has 0 spiro atoms. The van der Waals surface area contributed by atoms with Crippen LogP contribution in [0.2, 0.25) is 0 Å². The van der Waals surface area contributed by atoms with Crippen molar-refractivity contribution in [3.63, 3.8) is 0 Å². The van der Waals surface area contributed by atoms with E-state index in [0.717, 1.165) is 37.2 Å². The molecule has 0 N–H and O–H groups in total. The minimum atomic E-state index is -0.513. The van der Waals surface area contributed by atoms with Crippen LogP contribution in [0, 0.1) is 6.92 Å². The maximum atomic E-state index is 13.2. The molecule has 1 aromatic carbocycles. The number of likely N-dealkylation sites (tertiary alicyclic amines) is 1.